The SMILES string of the molecule is CCCNCCCN(C)CC(C)(C)C. The topological polar surface area (TPSA) is 15.3 Å². The van der Waals surface area contributed by atoms with Gasteiger partial charge in [0.1, 0.15) is 0 Å². The van der Waals surface area contributed by atoms with Crippen molar-refractivity contribution in [3.8, 4) is 0 Å². The highest BCUT2D eigenvalue weighted by molar-refractivity contribution is 4.66. The first-order valence-corrected chi connectivity index (χ1v) is 5.85. The number of rotatable bonds is 7. The third-order valence-electron chi connectivity index (χ3n) is 2.06. The molecular weight excluding hydrogens is 172 g/mol. The molecule has 2 nitrogen and oxygen atoms in total. The Morgan fingerprint density at radius 2 is 1.79 bits per heavy atom. The van der Waals surface area contributed by atoms with Crippen LogP contribution < -0.4 is 5.32 Å². The van der Waals surface area contributed by atoms with Crippen LogP contribution in [0, 0.1) is 5.41 Å². The minimum absolute atomic E-state index is 0.422. The summed E-state index contributed by atoms with van der Waals surface area (Å²) in [6, 6.07) is 0. The van der Waals surface area contributed by atoms with Crippen molar-refractivity contribution in [1.82, 2.24) is 10.2 Å². The van der Waals surface area contributed by atoms with Crippen LogP contribution >= 0.6 is 0 Å². The summed E-state index contributed by atoms with van der Waals surface area (Å²) in [6.07, 6.45) is 2.49. The van der Waals surface area contributed by atoms with Crippen LogP contribution in [0.15, 0.2) is 0 Å². The van der Waals surface area contributed by atoms with Gasteiger partial charge in [-0.05, 0) is 44.9 Å². The van der Waals surface area contributed by atoms with Crippen molar-refractivity contribution < 1.29 is 0 Å². The van der Waals surface area contributed by atoms with Gasteiger partial charge in [-0.25, -0.2) is 0 Å². The van der Waals surface area contributed by atoms with E-state index < -0.39 is 0 Å². The van der Waals surface area contributed by atoms with Gasteiger partial charge in [-0.1, -0.05) is 27.7 Å². The Morgan fingerprint density at radius 3 is 2.29 bits per heavy atom. The smallest absolute Gasteiger partial charge is 0.00270 e. The third-order valence-corrected chi connectivity index (χ3v) is 2.06. The van der Waals surface area contributed by atoms with Gasteiger partial charge in [-0.15, -0.1) is 0 Å². The van der Waals surface area contributed by atoms with Crippen LogP contribution in [0.2, 0.25) is 0 Å². The number of nitrogens with zero attached hydrogens (tertiary/aromatic N) is 1. The van der Waals surface area contributed by atoms with Crippen LogP contribution in [0.3, 0.4) is 0 Å². The molecule has 0 amide bonds. The first kappa shape index (κ1) is 13.9. The lowest BCUT2D eigenvalue weighted by atomic mass is 9.96. The fourth-order valence-corrected chi connectivity index (χ4v) is 1.66. The molecule has 0 rings (SSSR count). The molecule has 86 valence electrons. The van der Waals surface area contributed by atoms with E-state index in [4.69, 9.17) is 0 Å². The highest BCUT2D eigenvalue weighted by Gasteiger charge is 2.12. The molecule has 0 heterocycles. The van der Waals surface area contributed by atoms with Gasteiger partial charge in [-0.3, -0.25) is 0 Å². The van der Waals surface area contributed by atoms with Crippen molar-refractivity contribution in [2.24, 2.45) is 5.41 Å². The van der Waals surface area contributed by atoms with Gasteiger partial charge in [-0.2, -0.15) is 0 Å². The Bertz CT molecular complexity index is 127. The molecular formula is C12H28N2. The predicted molar refractivity (Wildman–Crippen MR) is 64.7 cm³/mol. The fourth-order valence-electron chi connectivity index (χ4n) is 1.66. The molecule has 0 fully saturated rings. The third kappa shape index (κ3) is 10.0. The minimum atomic E-state index is 0.422. The molecule has 0 spiro atoms. The van der Waals surface area contributed by atoms with Crippen molar-refractivity contribution in [2.45, 2.75) is 40.5 Å². The lowest BCUT2D eigenvalue weighted by Crippen LogP contribution is -2.31. The largest absolute Gasteiger partial charge is 0.317 e. The van der Waals surface area contributed by atoms with Gasteiger partial charge in [0.25, 0.3) is 0 Å². The van der Waals surface area contributed by atoms with Crippen molar-refractivity contribution >= 4 is 0 Å². The number of nitrogens with one attached hydrogen (secondary N) is 1. The summed E-state index contributed by atoms with van der Waals surface area (Å²) in [5.41, 5.74) is 0.422. The molecule has 1 N–H and O–H groups in total. The Balaban J connectivity index is 3.31. The molecule has 2 heteroatoms. The summed E-state index contributed by atoms with van der Waals surface area (Å²) in [5, 5.41) is 3.43. The van der Waals surface area contributed by atoms with Crippen LogP contribution in [0.5, 0.6) is 0 Å². The van der Waals surface area contributed by atoms with Crippen LogP contribution in [0.1, 0.15) is 40.5 Å². The summed E-state index contributed by atoms with van der Waals surface area (Å²) in [6.45, 7) is 13.8. The second-order valence-corrected chi connectivity index (χ2v) is 5.40. The average Bonchev–Trinajstić information content (AvgIpc) is 2.00. The van der Waals surface area contributed by atoms with E-state index in [1.54, 1.807) is 0 Å². The first-order valence-electron chi connectivity index (χ1n) is 5.85. The molecule has 14 heavy (non-hydrogen) atoms. The predicted octanol–water partition coefficient (Wildman–Crippen LogP) is 2.35. The Hall–Kier alpha value is -0.0800. The number of hydrogen-bond acceptors (Lipinski definition) is 2. The minimum Gasteiger partial charge on any atom is -0.317 e. The maximum atomic E-state index is 3.43. The summed E-state index contributed by atoms with van der Waals surface area (Å²) in [5.74, 6) is 0. The molecule has 0 atom stereocenters. The van der Waals surface area contributed by atoms with Gasteiger partial charge in [0.05, 0.1) is 0 Å². The molecule has 0 aliphatic carbocycles. The second-order valence-electron chi connectivity index (χ2n) is 5.40. The summed E-state index contributed by atoms with van der Waals surface area (Å²) in [7, 11) is 2.21. The zero-order valence-corrected chi connectivity index (χ0v) is 10.7. The van der Waals surface area contributed by atoms with Gasteiger partial charge >= 0.3 is 0 Å². The van der Waals surface area contributed by atoms with Crippen LogP contribution in [-0.4, -0.2) is 38.1 Å². The molecule has 0 aromatic carbocycles. The van der Waals surface area contributed by atoms with Crippen molar-refractivity contribution in [1.29, 1.82) is 0 Å². The highest BCUT2D eigenvalue weighted by atomic mass is 15.1. The van der Waals surface area contributed by atoms with E-state index in [0.29, 0.717) is 5.41 Å². The molecule has 0 radical (unpaired) electrons. The van der Waals surface area contributed by atoms with E-state index in [1.165, 1.54) is 25.9 Å². The highest BCUT2D eigenvalue weighted by Crippen LogP contribution is 2.13. The van der Waals surface area contributed by atoms with Gasteiger partial charge < -0.3 is 10.2 Å². The molecule has 0 aromatic rings. The van der Waals surface area contributed by atoms with E-state index >= 15 is 0 Å². The second kappa shape index (κ2) is 7.24. The molecule has 0 saturated heterocycles. The Kier molecular flexibility index (Phi) is 7.20. The zero-order valence-electron chi connectivity index (χ0n) is 10.7. The van der Waals surface area contributed by atoms with E-state index in [9.17, 15) is 0 Å². The summed E-state index contributed by atoms with van der Waals surface area (Å²) < 4.78 is 0. The molecule has 0 saturated carbocycles. The van der Waals surface area contributed by atoms with Gasteiger partial charge in [0.15, 0.2) is 0 Å². The number of hydrogen-bond donors (Lipinski definition) is 1. The summed E-state index contributed by atoms with van der Waals surface area (Å²) >= 11 is 0. The molecule has 0 unspecified atom stereocenters. The Morgan fingerprint density at radius 1 is 1.14 bits per heavy atom. The molecule has 0 aliphatic rings. The normalized spacial score (nSPS) is 12.4. The molecule has 0 aromatic heterocycles. The monoisotopic (exact) mass is 200 g/mol. The van der Waals surface area contributed by atoms with E-state index in [-0.39, 0.29) is 0 Å². The lowest BCUT2D eigenvalue weighted by Gasteiger charge is -2.26. The van der Waals surface area contributed by atoms with Crippen molar-refractivity contribution in [3.05, 3.63) is 0 Å². The standard InChI is InChI=1S/C12H28N2/c1-6-8-13-9-7-10-14(5)11-12(2,3)4/h13H,6-11H2,1-5H3. The van der Waals surface area contributed by atoms with Crippen LogP contribution in [-0.2, 0) is 0 Å². The fraction of sp³-hybridized carbons (Fsp3) is 1.00. The quantitative estimate of drug-likeness (QED) is 0.635. The van der Waals surface area contributed by atoms with E-state index in [2.05, 4.69) is 45.0 Å². The van der Waals surface area contributed by atoms with Crippen LogP contribution in [0.25, 0.3) is 0 Å². The lowest BCUT2D eigenvalue weighted by molar-refractivity contribution is 0.224. The van der Waals surface area contributed by atoms with E-state index in [1.807, 2.05) is 0 Å². The van der Waals surface area contributed by atoms with Crippen molar-refractivity contribution in [2.75, 3.05) is 33.2 Å². The summed E-state index contributed by atoms with van der Waals surface area (Å²) in [4.78, 5) is 2.42. The first-order chi connectivity index (χ1) is 6.45. The van der Waals surface area contributed by atoms with Crippen LogP contribution in [0.4, 0.5) is 0 Å². The van der Waals surface area contributed by atoms with Crippen molar-refractivity contribution in [3.63, 3.8) is 0 Å². The zero-order chi connectivity index (χ0) is 11.0. The van der Waals surface area contributed by atoms with Gasteiger partial charge in [0, 0.05) is 6.54 Å². The maximum Gasteiger partial charge on any atom is 0.00270 e. The Labute approximate surface area is 90.1 Å². The molecule has 0 aliphatic heterocycles. The van der Waals surface area contributed by atoms with Gasteiger partial charge in [0.2, 0.25) is 0 Å². The maximum absolute atomic E-state index is 3.43. The molecule has 0 bridgehead atoms. The average molecular weight is 200 g/mol. The van der Waals surface area contributed by atoms with E-state index in [0.717, 1.165) is 13.1 Å².